The van der Waals surface area contributed by atoms with Gasteiger partial charge in [-0.05, 0) is 12.1 Å². The van der Waals surface area contributed by atoms with E-state index in [0.29, 0.717) is 18.9 Å². The van der Waals surface area contributed by atoms with Crippen LogP contribution in [0, 0.1) is 0 Å². The van der Waals surface area contributed by atoms with Crippen LogP contribution in [-0.2, 0) is 4.74 Å². The van der Waals surface area contributed by atoms with Crippen molar-refractivity contribution in [3.63, 3.8) is 0 Å². The van der Waals surface area contributed by atoms with Gasteiger partial charge in [-0.1, -0.05) is 12.1 Å². The fourth-order valence-electron chi connectivity index (χ4n) is 2.31. The van der Waals surface area contributed by atoms with Crippen molar-refractivity contribution in [3.8, 4) is 0 Å². The lowest BCUT2D eigenvalue weighted by molar-refractivity contribution is 0.102. The molecule has 1 aromatic heterocycles. The molecule has 1 aliphatic heterocycles. The van der Waals surface area contributed by atoms with E-state index in [2.05, 4.69) is 20.2 Å². The number of para-hydroxylation sites is 2. The van der Waals surface area contributed by atoms with Gasteiger partial charge in [-0.15, -0.1) is 0 Å². The number of aromatic nitrogens is 2. The fourth-order valence-corrected chi connectivity index (χ4v) is 2.31. The molecule has 3 rings (SSSR count). The molecule has 0 bridgehead atoms. The highest BCUT2D eigenvalue weighted by Crippen LogP contribution is 2.26. The number of hydrogen-bond acceptors (Lipinski definition) is 5. The molecule has 0 aliphatic carbocycles. The van der Waals surface area contributed by atoms with E-state index in [1.165, 1.54) is 6.20 Å². The lowest BCUT2D eigenvalue weighted by Gasteiger charge is -2.30. The van der Waals surface area contributed by atoms with Crippen LogP contribution in [0.4, 0.5) is 11.4 Å². The zero-order valence-corrected chi connectivity index (χ0v) is 11.9. The highest BCUT2D eigenvalue weighted by atomic mass is 16.5. The maximum absolute atomic E-state index is 12.2. The van der Waals surface area contributed by atoms with Gasteiger partial charge in [0, 0.05) is 19.3 Å². The van der Waals surface area contributed by atoms with Crippen molar-refractivity contribution in [2.24, 2.45) is 0 Å². The summed E-state index contributed by atoms with van der Waals surface area (Å²) in [6.45, 7) is 2.90. The molecule has 0 saturated carbocycles. The van der Waals surface area contributed by atoms with Crippen LogP contribution in [0.15, 0.2) is 41.5 Å². The van der Waals surface area contributed by atoms with E-state index in [0.717, 1.165) is 25.0 Å². The number of carbonyl (C=O) groups excluding carboxylic acids is 1. The first-order valence-corrected chi connectivity index (χ1v) is 7.02. The molecule has 1 aliphatic rings. The number of benzene rings is 1. The van der Waals surface area contributed by atoms with Gasteiger partial charge >= 0.3 is 0 Å². The summed E-state index contributed by atoms with van der Waals surface area (Å²) in [5.41, 5.74) is 1.48. The predicted octanol–water partition coefficient (Wildman–Crippen LogP) is 0.859. The number of carbonyl (C=O) groups is 1. The monoisotopic (exact) mass is 300 g/mol. The number of morpholine rings is 1. The van der Waals surface area contributed by atoms with Gasteiger partial charge in [0.1, 0.15) is 5.69 Å². The van der Waals surface area contributed by atoms with Gasteiger partial charge in [-0.25, -0.2) is 4.98 Å². The minimum absolute atomic E-state index is 0.163. The Bertz CT molecular complexity index is 702. The molecule has 114 valence electrons. The van der Waals surface area contributed by atoms with Gasteiger partial charge in [0.15, 0.2) is 0 Å². The first-order chi connectivity index (χ1) is 10.7. The van der Waals surface area contributed by atoms with E-state index in [-0.39, 0.29) is 17.2 Å². The Hall–Kier alpha value is -2.67. The third kappa shape index (κ3) is 3.15. The van der Waals surface area contributed by atoms with Crippen molar-refractivity contribution in [3.05, 3.63) is 52.7 Å². The van der Waals surface area contributed by atoms with Crippen LogP contribution in [0.2, 0.25) is 0 Å². The van der Waals surface area contributed by atoms with Gasteiger partial charge in [0.25, 0.3) is 11.5 Å². The van der Waals surface area contributed by atoms with E-state index < -0.39 is 0 Å². The number of ether oxygens (including phenoxy) is 1. The molecule has 1 aromatic carbocycles. The second-order valence-corrected chi connectivity index (χ2v) is 4.87. The molecule has 0 radical (unpaired) electrons. The molecule has 7 nitrogen and oxygen atoms in total. The lowest BCUT2D eigenvalue weighted by atomic mass is 10.2. The number of aromatic amines is 1. The summed E-state index contributed by atoms with van der Waals surface area (Å²) in [6.07, 6.45) is 2.39. The maximum atomic E-state index is 12.2. The number of H-pyrrole nitrogens is 1. The number of anilines is 2. The Labute approximate surface area is 126 Å². The maximum Gasteiger partial charge on any atom is 0.275 e. The molecule has 1 saturated heterocycles. The SMILES string of the molecule is O=C(Nc1ccccc1N1CCOCC1)c1c[nH]c(=O)cn1. The summed E-state index contributed by atoms with van der Waals surface area (Å²) < 4.78 is 5.35. The summed E-state index contributed by atoms with van der Waals surface area (Å²) in [4.78, 5) is 31.6. The molecular formula is C15H16N4O3. The average molecular weight is 300 g/mol. The molecule has 0 unspecified atom stereocenters. The highest BCUT2D eigenvalue weighted by Gasteiger charge is 2.16. The first-order valence-electron chi connectivity index (χ1n) is 7.02. The van der Waals surface area contributed by atoms with Crippen LogP contribution in [-0.4, -0.2) is 42.2 Å². The Morgan fingerprint density at radius 3 is 2.77 bits per heavy atom. The Kier molecular flexibility index (Phi) is 4.15. The van der Waals surface area contributed by atoms with Crippen molar-refractivity contribution in [2.45, 2.75) is 0 Å². The predicted molar refractivity (Wildman–Crippen MR) is 82.3 cm³/mol. The summed E-state index contributed by atoms with van der Waals surface area (Å²) in [5, 5.41) is 2.84. The van der Waals surface area contributed by atoms with Gasteiger partial charge < -0.3 is 19.9 Å². The second-order valence-electron chi connectivity index (χ2n) is 4.87. The number of hydrogen-bond donors (Lipinski definition) is 2. The smallest absolute Gasteiger partial charge is 0.275 e. The zero-order chi connectivity index (χ0) is 15.4. The molecule has 0 spiro atoms. The Morgan fingerprint density at radius 1 is 1.27 bits per heavy atom. The minimum atomic E-state index is -0.364. The highest BCUT2D eigenvalue weighted by molar-refractivity contribution is 6.04. The van der Waals surface area contributed by atoms with Crippen molar-refractivity contribution >= 4 is 17.3 Å². The molecular weight excluding hydrogens is 284 g/mol. The van der Waals surface area contributed by atoms with Crippen LogP contribution in [0.25, 0.3) is 0 Å². The summed E-state index contributed by atoms with van der Waals surface area (Å²) in [5.74, 6) is -0.364. The minimum Gasteiger partial charge on any atom is -0.378 e. The molecule has 1 fully saturated rings. The fraction of sp³-hybridized carbons (Fsp3) is 0.267. The molecule has 2 heterocycles. The van der Waals surface area contributed by atoms with E-state index in [9.17, 15) is 9.59 Å². The van der Waals surface area contributed by atoms with Crippen molar-refractivity contribution in [1.29, 1.82) is 0 Å². The molecule has 2 aromatic rings. The molecule has 1 amide bonds. The standard InChI is InChI=1S/C15H16N4O3/c20-14-10-16-12(9-17-14)15(21)18-11-3-1-2-4-13(11)19-5-7-22-8-6-19/h1-4,9-10H,5-8H2,(H,17,20)(H,18,21). The molecule has 22 heavy (non-hydrogen) atoms. The van der Waals surface area contributed by atoms with Crippen molar-refractivity contribution in [2.75, 3.05) is 36.5 Å². The van der Waals surface area contributed by atoms with Gasteiger partial charge in [-0.3, -0.25) is 9.59 Å². The topological polar surface area (TPSA) is 87.3 Å². The van der Waals surface area contributed by atoms with E-state index >= 15 is 0 Å². The van der Waals surface area contributed by atoms with Crippen LogP contribution in [0.3, 0.4) is 0 Å². The third-order valence-corrected chi connectivity index (χ3v) is 3.41. The summed E-state index contributed by atoms with van der Waals surface area (Å²) in [7, 11) is 0. The van der Waals surface area contributed by atoms with Crippen molar-refractivity contribution in [1.82, 2.24) is 9.97 Å². The zero-order valence-electron chi connectivity index (χ0n) is 11.9. The van der Waals surface area contributed by atoms with Crippen LogP contribution >= 0.6 is 0 Å². The lowest BCUT2D eigenvalue weighted by Crippen LogP contribution is -2.36. The first kappa shape index (κ1) is 14.3. The Morgan fingerprint density at radius 2 is 2.05 bits per heavy atom. The second kappa shape index (κ2) is 6.40. The summed E-state index contributed by atoms with van der Waals surface area (Å²) >= 11 is 0. The average Bonchev–Trinajstić information content (AvgIpc) is 2.57. The van der Waals surface area contributed by atoms with Gasteiger partial charge in [-0.2, -0.15) is 0 Å². The number of nitrogens with zero attached hydrogens (tertiary/aromatic N) is 2. The van der Waals surface area contributed by atoms with Crippen molar-refractivity contribution < 1.29 is 9.53 Å². The van der Waals surface area contributed by atoms with Crippen LogP contribution in [0.5, 0.6) is 0 Å². The largest absolute Gasteiger partial charge is 0.378 e. The summed E-state index contributed by atoms with van der Waals surface area (Å²) in [6, 6.07) is 7.59. The van der Waals surface area contributed by atoms with E-state index in [1.807, 2.05) is 24.3 Å². The van der Waals surface area contributed by atoms with Crippen LogP contribution in [0.1, 0.15) is 10.5 Å². The quantitative estimate of drug-likeness (QED) is 0.878. The van der Waals surface area contributed by atoms with E-state index in [1.54, 1.807) is 0 Å². The number of amides is 1. The number of nitrogens with one attached hydrogen (secondary N) is 2. The number of rotatable bonds is 3. The third-order valence-electron chi connectivity index (χ3n) is 3.41. The normalized spacial score (nSPS) is 14.6. The molecule has 2 N–H and O–H groups in total. The molecule has 0 atom stereocenters. The Balaban J connectivity index is 1.81. The van der Waals surface area contributed by atoms with Gasteiger partial charge in [0.05, 0.1) is 30.8 Å². The molecule has 7 heteroatoms. The van der Waals surface area contributed by atoms with Gasteiger partial charge in [0.2, 0.25) is 0 Å². The van der Waals surface area contributed by atoms with Crippen LogP contribution < -0.4 is 15.8 Å². The van der Waals surface area contributed by atoms with E-state index in [4.69, 9.17) is 4.74 Å².